The number of amides is 1. The highest BCUT2D eigenvalue weighted by Gasteiger charge is 2.28. The van der Waals surface area contributed by atoms with Gasteiger partial charge >= 0.3 is 0 Å². The predicted molar refractivity (Wildman–Crippen MR) is 122 cm³/mol. The SMILES string of the molecule is CCn1c(C(C)N(Cc2ccco2)C(=O)c2cccc(OC)c2)nc2ccccc2c1=O. The average Bonchev–Trinajstić information content (AvgIpc) is 3.35. The number of fused-ring (bicyclic) bond motifs is 1. The molecule has 2 aromatic carbocycles. The molecule has 2 heterocycles. The van der Waals surface area contributed by atoms with Crippen molar-refractivity contribution < 1.29 is 13.9 Å². The van der Waals surface area contributed by atoms with Crippen molar-refractivity contribution in [2.24, 2.45) is 0 Å². The molecule has 1 atom stereocenters. The van der Waals surface area contributed by atoms with Crippen molar-refractivity contribution in [3.05, 3.63) is 94.4 Å². The second-order valence-corrected chi connectivity index (χ2v) is 7.46. The first-order valence-corrected chi connectivity index (χ1v) is 10.5. The number of furan rings is 1. The minimum atomic E-state index is -0.490. The number of aromatic nitrogens is 2. The average molecular weight is 431 g/mol. The normalized spacial score (nSPS) is 12.0. The molecule has 0 aliphatic carbocycles. The second-order valence-electron chi connectivity index (χ2n) is 7.46. The van der Waals surface area contributed by atoms with Crippen LogP contribution in [-0.4, -0.2) is 27.5 Å². The minimum Gasteiger partial charge on any atom is -0.497 e. The van der Waals surface area contributed by atoms with Gasteiger partial charge in [-0.05, 0) is 56.3 Å². The third kappa shape index (κ3) is 4.01. The van der Waals surface area contributed by atoms with Gasteiger partial charge in [0.05, 0.1) is 36.9 Å². The first-order chi connectivity index (χ1) is 15.5. The zero-order chi connectivity index (χ0) is 22.7. The number of nitrogens with zero attached hydrogens (tertiary/aromatic N) is 3. The van der Waals surface area contributed by atoms with Crippen LogP contribution in [0.15, 0.2) is 76.1 Å². The number of hydrogen-bond donors (Lipinski definition) is 0. The number of benzene rings is 2. The van der Waals surface area contributed by atoms with Crippen LogP contribution in [0.2, 0.25) is 0 Å². The maximum absolute atomic E-state index is 13.6. The Balaban J connectivity index is 1.82. The lowest BCUT2D eigenvalue weighted by molar-refractivity contribution is 0.0646. The Hall–Kier alpha value is -3.87. The zero-order valence-corrected chi connectivity index (χ0v) is 18.3. The molecule has 0 spiro atoms. The Labute approximate surface area is 185 Å². The number of carbonyl (C=O) groups excluding carboxylic acids is 1. The Bertz CT molecular complexity index is 1290. The first-order valence-electron chi connectivity index (χ1n) is 10.5. The molecule has 7 heteroatoms. The summed E-state index contributed by atoms with van der Waals surface area (Å²) in [7, 11) is 1.56. The van der Waals surface area contributed by atoms with Crippen LogP contribution in [0.4, 0.5) is 0 Å². The van der Waals surface area contributed by atoms with E-state index < -0.39 is 6.04 Å². The fraction of sp³-hybridized carbons (Fsp3) is 0.240. The summed E-state index contributed by atoms with van der Waals surface area (Å²) in [6.45, 7) is 4.45. The maximum Gasteiger partial charge on any atom is 0.261 e. The summed E-state index contributed by atoms with van der Waals surface area (Å²) in [5.41, 5.74) is 0.969. The van der Waals surface area contributed by atoms with Gasteiger partial charge in [0.25, 0.3) is 11.5 Å². The summed E-state index contributed by atoms with van der Waals surface area (Å²) in [5, 5.41) is 0.557. The summed E-state index contributed by atoms with van der Waals surface area (Å²) >= 11 is 0. The number of methoxy groups -OCH3 is 1. The highest BCUT2D eigenvalue weighted by Crippen LogP contribution is 2.26. The van der Waals surface area contributed by atoms with Crippen LogP contribution >= 0.6 is 0 Å². The van der Waals surface area contributed by atoms with E-state index in [-0.39, 0.29) is 18.0 Å². The van der Waals surface area contributed by atoms with Crippen molar-refractivity contribution in [3.63, 3.8) is 0 Å². The highest BCUT2D eigenvalue weighted by atomic mass is 16.5. The van der Waals surface area contributed by atoms with Crippen molar-refractivity contribution in [1.82, 2.24) is 14.5 Å². The Morgan fingerprint density at radius 2 is 1.97 bits per heavy atom. The molecule has 2 aromatic heterocycles. The van der Waals surface area contributed by atoms with Gasteiger partial charge in [-0.3, -0.25) is 14.2 Å². The molecule has 0 aliphatic heterocycles. The maximum atomic E-state index is 13.6. The van der Waals surface area contributed by atoms with Gasteiger partial charge in [-0.2, -0.15) is 0 Å². The minimum absolute atomic E-state index is 0.119. The van der Waals surface area contributed by atoms with E-state index in [1.807, 2.05) is 38.1 Å². The molecule has 0 saturated carbocycles. The third-order valence-electron chi connectivity index (χ3n) is 5.53. The summed E-state index contributed by atoms with van der Waals surface area (Å²) in [6.07, 6.45) is 1.57. The van der Waals surface area contributed by atoms with Crippen LogP contribution in [0.5, 0.6) is 5.75 Å². The lowest BCUT2D eigenvalue weighted by atomic mass is 10.1. The molecule has 4 aromatic rings. The molecule has 7 nitrogen and oxygen atoms in total. The number of hydrogen-bond acceptors (Lipinski definition) is 5. The standard InChI is InChI=1S/C25H25N3O4/c1-4-27-23(26-22-13-6-5-12-21(22)25(27)30)17(2)28(16-20-11-8-14-32-20)24(29)18-9-7-10-19(15-18)31-3/h5-15,17H,4,16H2,1-3H3. The molecule has 0 saturated heterocycles. The smallest absolute Gasteiger partial charge is 0.261 e. The van der Waals surface area contributed by atoms with Crippen molar-refractivity contribution in [1.29, 1.82) is 0 Å². The van der Waals surface area contributed by atoms with E-state index in [9.17, 15) is 9.59 Å². The lowest BCUT2D eigenvalue weighted by Gasteiger charge is -2.30. The second kappa shape index (κ2) is 9.09. The van der Waals surface area contributed by atoms with E-state index in [1.54, 1.807) is 59.2 Å². The van der Waals surface area contributed by atoms with Crippen LogP contribution < -0.4 is 10.3 Å². The van der Waals surface area contributed by atoms with E-state index in [0.717, 1.165) is 0 Å². The molecule has 0 aliphatic rings. The molecule has 0 fully saturated rings. The van der Waals surface area contributed by atoms with Crippen molar-refractivity contribution in [3.8, 4) is 5.75 Å². The molecule has 0 N–H and O–H groups in total. The number of para-hydroxylation sites is 1. The van der Waals surface area contributed by atoms with Crippen LogP contribution in [-0.2, 0) is 13.1 Å². The van der Waals surface area contributed by atoms with Crippen LogP contribution in [0.3, 0.4) is 0 Å². The molecule has 1 amide bonds. The molecule has 1 unspecified atom stereocenters. The van der Waals surface area contributed by atoms with Gasteiger partial charge < -0.3 is 14.1 Å². The van der Waals surface area contributed by atoms with E-state index in [1.165, 1.54) is 0 Å². The van der Waals surface area contributed by atoms with E-state index in [4.69, 9.17) is 14.1 Å². The van der Waals surface area contributed by atoms with Gasteiger partial charge in [-0.1, -0.05) is 18.2 Å². The van der Waals surface area contributed by atoms with Gasteiger partial charge in [-0.15, -0.1) is 0 Å². The predicted octanol–water partition coefficient (Wildman–Crippen LogP) is 4.42. The quantitative estimate of drug-likeness (QED) is 0.433. The van der Waals surface area contributed by atoms with Crippen LogP contribution in [0.1, 0.15) is 41.8 Å². The topological polar surface area (TPSA) is 77.6 Å². The number of rotatable bonds is 7. The van der Waals surface area contributed by atoms with Gasteiger partial charge in [0, 0.05) is 12.1 Å². The van der Waals surface area contributed by atoms with Crippen molar-refractivity contribution in [2.75, 3.05) is 7.11 Å². The summed E-state index contributed by atoms with van der Waals surface area (Å²) in [4.78, 5) is 33.2. The fourth-order valence-electron chi connectivity index (χ4n) is 3.83. The summed E-state index contributed by atoms with van der Waals surface area (Å²) < 4.78 is 12.4. The number of ether oxygens (including phenoxy) is 1. The van der Waals surface area contributed by atoms with Crippen LogP contribution in [0, 0.1) is 0 Å². The van der Waals surface area contributed by atoms with Crippen molar-refractivity contribution >= 4 is 16.8 Å². The monoisotopic (exact) mass is 431 g/mol. The highest BCUT2D eigenvalue weighted by molar-refractivity contribution is 5.94. The summed E-state index contributed by atoms with van der Waals surface area (Å²) in [6, 6.07) is 17.4. The first kappa shape index (κ1) is 21.4. The van der Waals surface area contributed by atoms with Gasteiger partial charge in [-0.25, -0.2) is 4.98 Å². The Morgan fingerprint density at radius 3 is 2.69 bits per heavy atom. The van der Waals surface area contributed by atoms with E-state index in [0.29, 0.717) is 40.3 Å². The number of carbonyl (C=O) groups is 1. The van der Waals surface area contributed by atoms with Gasteiger partial charge in [0.2, 0.25) is 0 Å². The summed E-state index contributed by atoms with van der Waals surface area (Å²) in [5.74, 6) is 1.55. The van der Waals surface area contributed by atoms with Gasteiger partial charge in [0.15, 0.2) is 0 Å². The zero-order valence-electron chi connectivity index (χ0n) is 18.3. The lowest BCUT2D eigenvalue weighted by Crippen LogP contribution is -2.37. The molecule has 4 rings (SSSR count). The molecular weight excluding hydrogens is 406 g/mol. The van der Waals surface area contributed by atoms with Crippen LogP contribution in [0.25, 0.3) is 10.9 Å². The molecule has 0 bridgehead atoms. The molecule has 0 radical (unpaired) electrons. The Morgan fingerprint density at radius 1 is 1.16 bits per heavy atom. The fourth-order valence-corrected chi connectivity index (χ4v) is 3.83. The van der Waals surface area contributed by atoms with E-state index in [2.05, 4.69) is 0 Å². The molecular formula is C25H25N3O4. The molecule has 32 heavy (non-hydrogen) atoms. The van der Waals surface area contributed by atoms with Gasteiger partial charge in [0.1, 0.15) is 17.3 Å². The van der Waals surface area contributed by atoms with Crippen molar-refractivity contribution in [2.45, 2.75) is 33.0 Å². The Kier molecular flexibility index (Phi) is 6.07. The third-order valence-corrected chi connectivity index (χ3v) is 5.53. The van der Waals surface area contributed by atoms with E-state index >= 15 is 0 Å². The molecule has 164 valence electrons. The largest absolute Gasteiger partial charge is 0.497 e.